The molecule has 32 heavy (non-hydrogen) atoms. The van der Waals surface area contributed by atoms with Crippen molar-refractivity contribution in [2.75, 3.05) is 18.0 Å². The van der Waals surface area contributed by atoms with Crippen LogP contribution < -0.4 is 15.0 Å². The minimum Gasteiger partial charge on any atom is -0.372 e. The Morgan fingerprint density at radius 3 is 2.16 bits per heavy atom. The van der Waals surface area contributed by atoms with Gasteiger partial charge in [0.05, 0.1) is 11.1 Å². The molecule has 0 spiro atoms. The first-order valence-electron chi connectivity index (χ1n) is 10.9. The Labute approximate surface area is 192 Å². The largest absolute Gasteiger partial charge is 0.372 e. The molecule has 0 radical (unpaired) electrons. The first kappa shape index (κ1) is 25.5. The number of carbonyl (C=O) groups is 1. The monoisotopic (exact) mass is 458 g/mol. The predicted molar refractivity (Wildman–Crippen MR) is 130 cm³/mol. The van der Waals surface area contributed by atoms with Crippen LogP contribution in [0.25, 0.3) is 0 Å². The van der Waals surface area contributed by atoms with Gasteiger partial charge in [0.2, 0.25) is 10.0 Å². The fraction of sp³-hybridized carbons (Fsp3) is 0.417. The summed E-state index contributed by atoms with van der Waals surface area (Å²) in [5.41, 5.74) is 5.39. The summed E-state index contributed by atoms with van der Waals surface area (Å²) in [6.07, 6.45) is 1.90. The van der Waals surface area contributed by atoms with E-state index in [1.807, 2.05) is 45.0 Å². The molecule has 0 unspecified atom stereocenters. The van der Waals surface area contributed by atoms with E-state index in [1.54, 1.807) is 18.3 Å². The molecule has 0 aliphatic carbocycles. The summed E-state index contributed by atoms with van der Waals surface area (Å²) in [6, 6.07) is 13.4. The molecular formula is C24H34N4O3S. The van der Waals surface area contributed by atoms with E-state index in [1.165, 1.54) is 12.1 Å². The van der Waals surface area contributed by atoms with Crippen LogP contribution in [0.15, 0.2) is 58.5 Å². The molecule has 2 rings (SSSR count). The van der Waals surface area contributed by atoms with Crippen LogP contribution in [0.5, 0.6) is 0 Å². The fourth-order valence-corrected chi connectivity index (χ4v) is 4.47. The molecular weight excluding hydrogens is 424 g/mol. The summed E-state index contributed by atoms with van der Waals surface area (Å²) < 4.78 is 28.0. The standard InChI is InChI=1S/C24H34N4O3S/c1-6-28(7-2)21-12-10-20(11-13-21)17-25-26-24(29)23(16-18(3)4)27-32(30,31)22-14-8-19(5)9-15-22/h8-15,17-18,23,27H,6-7,16H2,1-5H3,(H,26,29)/b25-17-/t23-/m1/s1. The van der Waals surface area contributed by atoms with Crippen molar-refractivity contribution in [2.45, 2.75) is 52.0 Å². The van der Waals surface area contributed by atoms with Crippen molar-refractivity contribution >= 4 is 27.8 Å². The van der Waals surface area contributed by atoms with E-state index in [0.717, 1.165) is 29.9 Å². The van der Waals surface area contributed by atoms with Crippen molar-refractivity contribution in [2.24, 2.45) is 11.0 Å². The Balaban J connectivity index is 2.07. The Kier molecular flexibility index (Phi) is 9.41. The molecule has 7 nitrogen and oxygen atoms in total. The normalized spacial score (nSPS) is 12.8. The van der Waals surface area contributed by atoms with Gasteiger partial charge in [0.15, 0.2) is 0 Å². The van der Waals surface area contributed by atoms with Gasteiger partial charge < -0.3 is 4.90 Å². The van der Waals surface area contributed by atoms with E-state index < -0.39 is 22.0 Å². The van der Waals surface area contributed by atoms with E-state index in [4.69, 9.17) is 0 Å². The lowest BCUT2D eigenvalue weighted by Crippen LogP contribution is -2.46. The fourth-order valence-electron chi connectivity index (χ4n) is 3.26. The molecule has 1 amide bonds. The van der Waals surface area contributed by atoms with Gasteiger partial charge in [-0.25, -0.2) is 13.8 Å². The van der Waals surface area contributed by atoms with Crippen molar-refractivity contribution < 1.29 is 13.2 Å². The molecule has 0 aliphatic heterocycles. The number of hydrazone groups is 1. The van der Waals surface area contributed by atoms with E-state index in [0.29, 0.717) is 6.42 Å². The van der Waals surface area contributed by atoms with Crippen molar-refractivity contribution in [3.63, 3.8) is 0 Å². The average Bonchev–Trinajstić information content (AvgIpc) is 2.75. The van der Waals surface area contributed by atoms with Crippen LogP contribution in [0.4, 0.5) is 5.69 Å². The molecule has 2 aromatic carbocycles. The number of hydrogen-bond acceptors (Lipinski definition) is 5. The number of aryl methyl sites for hydroxylation is 1. The number of sulfonamides is 1. The zero-order chi connectivity index (χ0) is 23.7. The minimum atomic E-state index is -3.83. The highest BCUT2D eigenvalue weighted by Crippen LogP contribution is 2.15. The summed E-state index contributed by atoms with van der Waals surface area (Å²) in [5, 5.41) is 4.03. The SMILES string of the molecule is CCN(CC)c1ccc(/C=N\NC(=O)[C@@H](CC(C)C)NS(=O)(=O)c2ccc(C)cc2)cc1. The topological polar surface area (TPSA) is 90.9 Å². The van der Waals surface area contributed by atoms with Crippen LogP contribution in [-0.4, -0.2) is 39.7 Å². The molecule has 0 fully saturated rings. The predicted octanol–water partition coefficient (Wildman–Crippen LogP) is 3.68. The Morgan fingerprint density at radius 1 is 1.03 bits per heavy atom. The van der Waals surface area contributed by atoms with Gasteiger partial charge in [-0.05, 0) is 62.9 Å². The molecule has 2 N–H and O–H groups in total. The Bertz CT molecular complexity index is 997. The van der Waals surface area contributed by atoms with E-state index in [-0.39, 0.29) is 10.8 Å². The number of benzene rings is 2. The minimum absolute atomic E-state index is 0.114. The van der Waals surface area contributed by atoms with E-state index in [2.05, 4.69) is 34.0 Å². The van der Waals surface area contributed by atoms with Crippen molar-refractivity contribution in [3.8, 4) is 0 Å². The second kappa shape index (κ2) is 11.8. The Hall–Kier alpha value is -2.71. The van der Waals surface area contributed by atoms with Crippen LogP contribution in [-0.2, 0) is 14.8 Å². The number of hydrogen-bond donors (Lipinski definition) is 2. The number of rotatable bonds is 11. The maximum Gasteiger partial charge on any atom is 0.258 e. The highest BCUT2D eigenvalue weighted by Gasteiger charge is 2.26. The lowest BCUT2D eigenvalue weighted by molar-refractivity contribution is -0.123. The van der Waals surface area contributed by atoms with Crippen LogP contribution in [0, 0.1) is 12.8 Å². The van der Waals surface area contributed by atoms with Gasteiger partial charge in [-0.1, -0.05) is 43.7 Å². The molecule has 0 aromatic heterocycles. The maximum absolute atomic E-state index is 12.7. The smallest absolute Gasteiger partial charge is 0.258 e. The highest BCUT2D eigenvalue weighted by atomic mass is 32.2. The summed E-state index contributed by atoms with van der Waals surface area (Å²) in [4.78, 5) is 15.1. The number of amides is 1. The van der Waals surface area contributed by atoms with Gasteiger partial charge >= 0.3 is 0 Å². The summed E-state index contributed by atoms with van der Waals surface area (Å²) >= 11 is 0. The number of carbonyl (C=O) groups excluding carboxylic acids is 1. The number of nitrogens with zero attached hydrogens (tertiary/aromatic N) is 2. The van der Waals surface area contributed by atoms with Gasteiger partial charge in [-0.15, -0.1) is 0 Å². The van der Waals surface area contributed by atoms with Crippen LogP contribution in [0.2, 0.25) is 0 Å². The van der Waals surface area contributed by atoms with Gasteiger partial charge in [0.25, 0.3) is 5.91 Å². The Morgan fingerprint density at radius 2 is 1.62 bits per heavy atom. The second-order valence-electron chi connectivity index (χ2n) is 8.11. The van der Waals surface area contributed by atoms with Gasteiger partial charge in [-0.2, -0.15) is 9.82 Å². The van der Waals surface area contributed by atoms with Crippen LogP contribution in [0.1, 0.15) is 45.2 Å². The molecule has 0 saturated heterocycles. The first-order valence-corrected chi connectivity index (χ1v) is 12.4. The molecule has 174 valence electrons. The molecule has 0 aliphatic rings. The number of nitrogens with one attached hydrogen (secondary N) is 2. The third-order valence-electron chi connectivity index (χ3n) is 5.06. The lowest BCUT2D eigenvalue weighted by Gasteiger charge is -2.20. The van der Waals surface area contributed by atoms with Gasteiger partial charge in [0, 0.05) is 18.8 Å². The second-order valence-corrected chi connectivity index (χ2v) is 9.83. The summed E-state index contributed by atoms with van der Waals surface area (Å²) in [5.74, 6) is -0.381. The zero-order valence-electron chi connectivity index (χ0n) is 19.5. The molecule has 1 atom stereocenters. The average molecular weight is 459 g/mol. The van der Waals surface area contributed by atoms with Crippen LogP contribution >= 0.6 is 0 Å². The van der Waals surface area contributed by atoms with Crippen molar-refractivity contribution in [3.05, 3.63) is 59.7 Å². The van der Waals surface area contributed by atoms with Crippen molar-refractivity contribution in [1.82, 2.24) is 10.1 Å². The molecule has 0 bridgehead atoms. The summed E-state index contributed by atoms with van der Waals surface area (Å²) in [7, 11) is -3.83. The van der Waals surface area contributed by atoms with Crippen LogP contribution in [0.3, 0.4) is 0 Å². The van der Waals surface area contributed by atoms with Gasteiger partial charge in [0.1, 0.15) is 6.04 Å². The van der Waals surface area contributed by atoms with E-state index in [9.17, 15) is 13.2 Å². The zero-order valence-corrected chi connectivity index (χ0v) is 20.3. The third-order valence-corrected chi connectivity index (χ3v) is 6.55. The van der Waals surface area contributed by atoms with Crippen molar-refractivity contribution in [1.29, 1.82) is 0 Å². The number of anilines is 1. The molecule has 8 heteroatoms. The quantitative estimate of drug-likeness (QED) is 0.397. The maximum atomic E-state index is 12.7. The molecule has 2 aromatic rings. The molecule has 0 saturated carbocycles. The lowest BCUT2D eigenvalue weighted by atomic mass is 10.0. The van der Waals surface area contributed by atoms with E-state index >= 15 is 0 Å². The molecule has 0 heterocycles. The summed E-state index contributed by atoms with van der Waals surface area (Å²) in [6.45, 7) is 11.8. The third kappa shape index (κ3) is 7.46. The highest BCUT2D eigenvalue weighted by molar-refractivity contribution is 7.89. The first-order chi connectivity index (χ1) is 15.2. The van der Waals surface area contributed by atoms with Gasteiger partial charge in [-0.3, -0.25) is 4.79 Å².